The van der Waals surface area contributed by atoms with Crippen molar-refractivity contribution in [2.75, 3.05) is 44.7 Å². The summed E-state index contributed by atoms with van der Waals surface area (Å²) in [5.74, 6) is 0.726. The first-order valence-electron chi connectivity index (χ1n) is 14.7. The third kappa shape index (κ3) is 7.96. The zero-order chi connectivity index (χ0) is 28.4. The molecule has 1 aromatic rings. The van der Waals surface area contributed by atoms with Gasteiger partial charge in [-0.05, 0) is 39.0 Å². The van der Waals surface area contributed by atoms with Gasteiger partial charge in [-0.25, -0.2) is 0 Å². The molecule has 2 saturated heterocycles. The van der Waals surface area contributed by atoms with E-state index in [9.17, 15) is 14.9 Å². The highest BCUT2D eigenvalue weighted by Gasteiger charge is 2.33. The first-order valence-corrected chi connectivity index (χ1v) is 15.9. The van der Waals surface area contributed by atoms with Gasteiger partial charge in [-0.2, -0.15) is 5.26 Å². The Morgan fingerprint density at radius 3 is 2.10 bits per heavy atom. The number of nitriles is 1. The molecule has 3 heterocycles. The predicted molar refractivity (Wildman–Crippen MR) is 167 cm³/mol. The molecule has 0 radical (unpaired) electrons. The summed E-state index contributed by atoms with van der Waals surface area (Å²) >= 11 is 6.93. The predicted octanol–water partition coefficient (Wildman–Crippen LogP) is 5.92. The lowest BCUT2D eigenvalue weighted by Crippen LogP contribution is -2.47. The molecule has 3 rings (SSSR count). The number of thiocarbonyl (C=S) groups is 1. The molecule has 0 spiro atoms. The average Bonchev–Trinajstić information content (AvgIpc) is 3.19. The van der Waals surface area contributed by atoms with Crippen molar-refractivity contribution in [1.82, 2.24) is 14.4 Å². The molecular weight excluding hydrogens is 526 g/mol. The largest absolute Gasteiger partial charge is 0.355 e. The number of anilines is 1. The molecule has 0 saturated carbocycles. The van der Waals surface area contributed by atoms with Crippen molar-refractivity contribution >= 4 is 46.1 Å². The van der Waals surface area contributed by atoms with Gasteiger partial charge in [-0.3, -0.25) is 19.1 Å². The van der Waals surface area contributed by atoms with Crippen molar-refractivity contribution in [1.29, 1.82) is 5.26 Å². The zero-order valence-electron chi connectivity index (χ0n) is 24.3. The van der Waals surface area contributed by atoms with E-state index in [-0.39, 0.29) is 17.0 Å². The zero-order valence-corrected chi connectivity index (χ0v) is 25.9. The number of amides is 1. The minimum absolute atomic E-state index is 0.0718. The molecule has 0 unspecified atom stereocenters. The smallest absolute Gasteiger partial charge is 0.270 e. The van der Waals surface area contributed by atoms with Crippen LogP contribution in [0, 0.1) is 18.3 Å². The molecule has 0 atom stereocenters. The van der Waals surface area contributed by atoms with Crippen LogP contribution in [-0.2, 0) is 11.3 Å². The number of carbonyl (C=O) groups excluding carboxylic acids is 1. The lowest BCUT2D eigenvalue weighted by Gasteiger charge is -2.36. The number of likely N-dealkylation sites (N-methyl/N-ethyl adjacent to an activating group) is 1. The molecule has 2 aliphatic heterocycles. The van der Waals surface area contributed by atoms with Gasteiger partial charge in [-0.1, -0.05) is 88.7 Å². The molecule has 214 valence electrons. The number of hydrogen-bond donors (Lipinski definition) is 0. The number of hydrogen-bond acceptors (Lipinski definition) is 7. The second-order valence-corrected chi connectivity index (χ2v) is 12.4. The molecule has 9 heteroatoms. The van der Waals surface area contributed by atoms with E-state index in [4.69, 9.17) is 12.2 Å². The molecule has 2 aliphatic rings. The van der Waals surface area contributed by atoms with Gasteiger partial charge in [0, 0.05) is 44.8 Å². The molecule has 1 aromatic heterocycles. The summed E-state index contributed by atoms with van der Waals surface area (Å²) in [6.45, 7) is 10.4. The van der Waals surface area contributed by atoms with Crippen LogP contribution in [0.1, 0.15) is 94.7 Å². The Balaban J connectivity index is 1.73. The van der Waals surface area contributed by atoms with Crippen molar-refractivity contribution in [2.45, 2.75) is 91.5 Å². The maximum Gasteiger partial charge on any atom is 0.270 e. The third-order valence-corrected chi connectivity index (χ3v) is 9.23. The number of unbranched alkanes of at least 4 members (excludes halogenated alkanes) is 9. The highest BCUT2D eigenvalue weighted by atomic mass is 32.2. The second-order valence-electron chi connectivity index (χ2n) is 10.7. The fourth-order valence-corrected chi connectivity index (χ4v) is 6.67. The van der Waals surface area contributed by atoms with Crippen LogP contribution < -0.4 is 10.5 Å². The van der Waals surface area contributed by atoms with Crippen molar-refractivity contribution in [3.8, 4) is 6.07 Å². The molecule has 0 N–H and O–H groups in total. The number of pyridine rings is 1. The summed E-state index contributed by atoms with van der Waals surface area (Å²) in [5.41, 5.74) is 1.27. The van der Waals surface area contributed by atoms with E-state index >= 15 is 0 Å². The Kier molecular flexibility index (Phi) is 12.5. The molecule has 2 fully saturated rings. The van der Waals surface area contributed by atoms with Crippen molar-refractivity contribution in [3.63, 3.8) is 0 Å². The maximum atomic E-state index is 13.4. The van der Waals surface area contributed by atoms with Crippen LogP contribution >= 0.6 is 24.0 Å². The normalized spacial score (nSPS) is 17.5. The first kappa shape index (κ1) is 31.4. The van der Waals surface area contributed by atoms with Crippen molar-refractivity contribution in [2.24, 2.45) is 0 Å². The van der Waals surface area contributed by atoms with Crippen LogP contribution in [0.2, 0.25) is 0 Å². The minimum atomic E-state index is -0.267. The summed E-state index contributed by atoms with van der Waals surface area (Å²) in [6.07, 6.45) is 14.3. The summed E-state index contributed by atoms with van der Waals surface area (Å²) in [5, 5.41) is 9.79. The molecule has 0 bridgehead atoms. The maximum absolute atomic E-state index is 13.4. The Bertz CT molecular complexity index is 1150. The van der Waals surface area contributed by atoms with Crippen LogP contribution in [0.4, 0.5) is 5.82 Å². The monoisotopic (exact) mass is 571 g/mol. The fourth-order valence-electron chi connectivity index (χ4n) is 5.38. The highest BCUT2D eigenvalue weighted by Crippen LogP contribution is 2.36. The summed E-state index contributed by atoms with van der Waals surface area (Å²) in [6, 6.07) is 2.11. The van der Waals surface area contributed by atoms with Gasteiger partial charge < -0.3 is 9.80 Å². The SMILES string of the molecule is CCCCCCCCCCCCN1C(=O)/C(=C/c2c(C)c(C#N)c(=O)n(CC)c2N2CCN(C)CC2)SC1=S. The van der Waals surface area contributed by atoms with Gasteiger partial charge in [-0.15, -0.1) is 0 Å². The van der Waals surface area contributed by atoms with Crippen LogP contribution in [-0.4, -0.2) is 64.4 Å². The van der Waals surface area contributed by atoms with E-state index in [0.717, 1.165) is 50.4 Å². The van der Waals surface area contributed by atoms with E-state index in [1.54, 1.807) is 9.47 Å². The summed E-state index contributed by atoms with van der Waals surface area (Å²) < 4.78 is 2.28. The number of aromatic nitrogens is 1. The quantitative estimate of drug-likeness (QED) is 0.156. The number of thioether (sulfide) groups is 1. The Morgan fingerprint density at radius 1 is 0.949 bits per heavy atom. The molecule has 7 nitrogen and oxygen atoms in total. The molecule has 39 heavy (non-hydrogen) atoms. The molecule has 0 aromatic carbocycles. The lowest BCUT2D eigenvalue weighted by atomic mass is 10.0. The van der Waals surface area contributed by atoms with Gasteiger partial charge in [0.25, 0.3) is 11.5 Å². The Morgan fingerprint density at radius 2 is 1.54 bits per heavy atom. The second kappa shape index (κ2) is 15.6. The molecular formula is C30H45N5O2S2. The van der Waals surface area contributed by atoms with Crippen LogP contribution in [0.3, 0.4) is 0 Å². The van der Waals surface area contributed by atoms with Gasteiger partial charge >= 0.3 is 0 Å². The fraction of sp³-hybridized carbons (Fsp3) is 0.667. The van der Waals surface area contributed by atoms with E-state index in [1.807, 2.05) is 19.9 Å². The number of rotatable bonds is 14. The van der Waals surface area contributed by atoms with Crippen molar-refractivity contribution in [3.05, 3.63) is 31.9 Å². The Labute approximate surface area is 244 Å². The van der Waals surface area contributed by atoms with E-state index in [0.29, 0.717) is 27.9 Å². The van der Waals surface area contributed by atoms with Gasteiger partial charge in [0.05, 0.1) is 4.91 Å². The summed E-state index contributed by atoms with van der Waals surface area (Å²) in [7, 11) is 2.09. The number of piperazine rings is 1. The number of carbonyl (C=O) groups is 1. The minimum Gasteiger partial charge on any atom is -0.355 e. The lowest BCUT2D eigenvalue weighted by molar-refractivity contribution is -0.122. The van der Waals surface area contributed by atoms with Gasteiger partial charge in [0.1, 0.15) is 21.8 Å². The van der Waals surface area contributed by atoms with E-state index in [1.165, 1.54) is 63.1 Å². The van der Waals surface area contributed by atoms with Gasteiger partial charge in [0.2, 0.25) is 0 Å². The van der Waals surface area contributed by atoms with Crippen molar-refractivity contribution < 1.29 is 4.79 Å². The standard InChI is InChI=1S/C30H45N5O2S2/c1-5-7-8-9-10-11-12-13-14-15-16-35-29(37)26(39-30(35)38)21-24-23(3)25(22-31)28(36)34(6-2)27(24)33-19-17-32(4)18-20-33/h21H,5-20H2,1-4H3/b26-21-. The van der Waals surface area contributed by atoms with Gasteiger partial charge in [0.15, 0.2) is 0 Å². The number of nitrogens with zero attached hydrogens (tertiary/aromatic N) is 5. The van der Waals surface area contributed by atoms with E-state index < -0.39 is 0 Å². The first-order chi connectivity index (χ1) is 18.8. The van der Waals surface area contributed by atoms with Crippen LogP contribution in [0.5, 0.6) is 0 Å². The summed E-state index contributed by atoms with van der Waals surface area (Å²) in [4.78, 5) is 33.4. The topological polar surface area (TPSA) is 72.6 Å². The highest BCUT2D eigenvalue weighted by molar-refractivity contribution is 8.26. The molecule has 0 aliphatic carbocycles. The Hall–Kier alpha value is -2.15. The average molecular weight is 572 g/mol. The third-order valence-electron chi connectivity index (χ3n) is 7.85. The van der Waals surface area contributed by atoms with E-state index in [2.05, 4.69) is 29.8 Å². The van der Waals surface area contributed by atoms with Crippen LogP contribution in [0.25, 0.3) is 6.08 Å². The molecule has 1 amide bonds. The van der Waals surface area contributed by atoms with Crippen LogP contribution in [0.15, 0.2) is 9.70 Å².